The number of rotatable bonds is 5. The van der Waals surface area contributed by atoms with Crippen molar-refractivity contribution in [2.75, 3.05) is 5.32 Å². The minimum Gasteiger partial charge on any atom is -0.350 e. The minimum absolute atomic E-state index is 0.0833. The van der Waals surface area contributed by atoms with Gasteiger partial charge in [-0.3, -0.25) is 14.6 Å². The van der Waals surface area contributed by atoms with E-state index in [1.54, 1.807) is 6.07 Å². The van der Waals surface area contributed by atoms with Crippen LogP contribution >= 0.6 is 0 Å². The second kappa shape index (κ2) is 7.54. The number of amides is 2. The minimum atomic E-state index is -0.336. The van der Waals surface area contributed by atoms with Crippen LogP contribution in [-0.2, 0) is 0 Å². The molecule has 1 unspecified atom stereocenters. The smallest absolute Gasteiger partial charge is 0.274 e. The molecule has 0 saturated carbocycles. The van der Waals surface area contributed by atoms with Gasteiger partial charge in [0.2, 0.25) is 0 Å². The first-order valence-electron chi connectivity index (χ1n) is 7.65. The fourth-order valence-corrected chi connectivity index (χ4v) is 2.00. The maximum Gasteiger partial charge on any atom is 0.274 e. The maximum atomic E-state index is 12.3. The third-order valence-electron chi connectivity index (χ3n) is 3.64. The molecular weight excluding hydrogens is 290 g/mol. The van der Waals surface area contributed by atoms with Gasteiger partial charge >= 0.3 is 0 Å². The third-order valence-corrected chi connectivity index (χ3v) is 3.64. The van der Waals surface area contributed by atoms with Crippen LogP contribution in [0.4, 0.5) is 5.69 Å². The fraction of sp³-hybridized carbons (Fsp3) is 0.278. The molecule has 1 aromatic carbocycles. The zero-order chi connectivity index (χ0) is 16.8. The molecule has 0 bridgehead atoms. The molecule has 2 aromatic rings. The lowest BCUT2D eigenvalue weighted by atomic mass is 10.1. The summed E-state index contributed by atoms with van der Waals surface area (Å²) in [6.45, 7) is 5.85. The van der Waals surface area contributed by atoms with Crippen LogP contribution in [0.1, 0.15) is 46.7 Å². The second-order valence-electron chi connectivity index (χ2n) is 5.48. The Kier molecular flexibility index (Phi) is 5.46. The van der Waals surface area contributed by atoms with Gasteiger partial charge in [0, 0.05) is 23.5 Å². The van der Waals surface area contributed by atoms with Crippen LogP contribution in [0.5, 0.6) is 0 Å². The van der Waals surface area contributed by atoms with Crippen LogP contribution in [0.25, 0.3) is 0 Å². The standard InChI is InChI=1S/C18H21N3O2/c1-4-13(3)20-17(22)14-9-10-19-16(11-14)18(23)21-15-8-6-5-7-12(15)2/h5-11,13H,4H2,1-3H3,(H,20,22)(H,21,23). The summed E-state index contributed by atoms with van der Waals surface area (Å²) < 4.78 is 0. The van der Waals surface area contributed by atoms with Gasteiger partial charge in [0.15, 0.2) is 0 Å². The molecule has 5 heteroatoms. The van der Waals surface area contributed by atoms with E-state index < -0.39 is 0 Å². The van der Waals surface area contributed by atoms with Gasteiger partial charge in [-0.2, -0.15) is 0 Å². The highest BCUT2D eigenvalue weighted by molar-refractivity contribution is 6.05. The largest absolute Gasteiger partial charge is 0.350 e. The van der Waals surface area contributed by atoms with Crippen LogP contribution in [0.15, 0.2) is 42.6 Å². The van der Waals surface area contributed by atoms with Crippen molar-refractivity contribution in [2.24, 2.45) is 0 Å². The van der Waals surface area contributed by atoms with Crippen molar-refractivity contribution in [1.29, 1.82) is 0 Å². The Bertz CT molecular complexity index is 713. The van der Waals surface area contributed by atoms with E-state index in [2.05, 4.69) is 15.6 Å². The summed E-state index contributed by atoms with van der Waals surface area (Å²) in [4.78, 5) is 28.5. The summed E-state index contributed by atoms with van der Waals surface area (Å²) in [5.41, 5.74) is 2.33. The second-order valence-corrected chi connectivity index (χ2v) is 5.48. The number of carbonyl (C=O) groups is 2. The summed E-state index contributed by atoms with van der Waals surface area (Å²) in [6.07, 6.45) is 2.32. The average molecular weight is 311 g/mol. The molecule has 0 aliphatic carbocycles. The summed E-state index contributed by atoms with van der Waals surface area (Å²) in [7, 11) is 0. The molecule has 2 rings (SSSR count). The Balaban J connectivity index is 2.14. The van der Waals surface area contributed by atoms with Crippen molar-refractivity contribution in [3.8, 4) is 0 Å². The first-order chi connectivity index (χ1) is 11.0. The molecular formula is C18H21N3O2. The summed E-state index contributed by atoms with van der Waals surface area (Å²) >= 11 is 0. The first-order valence-corrected chi connectivity index (χ1v) is 7.65. The maximum absolute atomic E-state index is 12.3. The monoisotopic (exact) mass is 311 g/mol. The molecule has 0 aliphatic heterocycles. The Labute approximate surface area is 136 Å². The molecule has 23 heavy (non-hydrogen) atoms. The molecule has 1 atom stereocenters. The molecule has 120 valence electrons. The number of benzene rings is 1. The van der Waals surface area contributed by atoms with Gasteiger partial charge in [0.25, 0.3) is 11.8 Å². The zero-order valence-electron chi connectivity index (χ0n) is 13.6. The molecule has 1 aromatic heterocycles. The average Bonchev–Trinajstić information content (AvgIpc) is 2.56. The van der Waals surface area contributed by atoms with Crippen molar-refractivity contribution >= 4 is 17.5 Å². The topological polar surface area (TPSA) is 71.1 Å². The van der Waals surface area contributed by atoms with Gasteiger partial charge in [0.1, 0.15) is 5.69 Å². The Hall–Kier alpha value is -2.69. The number of nitrogens with one attached hydrogen (secondary N) is 2. The first kappa shape index (κ1) is 16.7. The Morgan fingerprint density at radius 2 is 1.91 bits per heavy atom. The lowest BCUT2D eigenvalue weighted by molar-refractivity contribution is 0.0939. The van der Waals surface area contributed by atoms with Crippen molar-refractivity contribution < 1.29 is 9.59 Å². The fourth-order valence-electron chi connectivity index (χ4n) is 2.00. The lowest BCUT2D eigenvalue weighted by Crippen LogP contribution is -2.32. The molecule has 2 N–H and O–H groups in total. The van der Waals surface area contributed by atoms with E-state index in [0.717, 1.165) is 17.7 Å². The molecule has 0 fully saturated rings. The summed E-state index contributed by atoms with van der Waals surface area (Å²) in [5, 5.41) is 5.68. The van der Waals surface area contributed by atoms with E-state index in [0.29, 0.717) is 5.56 Å². The number of hydrogen-bond acceptors (Lipinski definition) is 3. The van der Waals surface area contributed by atoms with Crippen molar-refractivity contribution in [3.63, 3.8) is 0 Å². The summed E-state index contributed by atoms with van der Waals surface area (Å²) in [5.74, 6) is -0.538. The number of para-hydroxylation sites is 1. The number of aromatic nitrogens is 1. The number of pyridine rings is 1. The zero-order valence-corrected chi connectivity index (χ0v) is 13.6. The highest BCUT2D eigenvalue weighted by Crippen LogP contribution is 2.14. The Morgan fingerprint density at radius 1 is 1.17 bits per heavy atom. The molecule has 2 amide bonds. The number of carbonyl (C=O) groups excluding carboxylic acids is 2. The normalized spacial score (nSPS) is 11.6. The SMILES string of the molecule is CCC(C)NC(=O)c1ccnc(C(=O)Nc2ccccc2C)c1. The molecule has 1 heterocycles. The quantitative estimate of drug-likeness (QED) is 0.891. The van der Waals surface area contributed by atoms with E-state index in [4.69, 9.17) is 0 Å². The number of aryl methyl sites for hydroxylation is 1. The number of hydrogen-bond donors (Lipinski definition) is 2. The van der Waals surface area contributed by atoms with E-state index >= 15 is 0 Å². The van der Waals surface area contributed by atoms with Crippen LogP contribution in [0.3, 0.4) is 0 Å². The van der Waals surface area contributed by atoms with Gasteiger partial charge in [-0.15, -0.1) is 0 Å². The van der Waals surface area contributed by atoms with Crippen LogP contribution < -0.4 is 10.6 Å². The van der Waals surface area contributed by atoms with E-state index in [-0.39, 0.29) is 23.6 Å². The highest BCUT2D eigenvalue weighted by atomic mass is 16.2. The number of anilines is 1. The van der Waals surface area contributed by atoms with Crippen LogP contribution in [-0.4, -0.2) is 22.8 Å². The van der Waals surface area contributed by atoms with Gasteiger partial charge < -0.3 is 10.6 Å². The third kappa shape index (κ3) is 4.39. The van der Waals surface area contributed by atoms with Gasteiger partial charge in [-0.05, 0) is 44.0 Å². The highest BCUT2D eigenvalue weighted by Gasteiger charge is 2.13. The van der Waals surface area contributed by atoms with Crippen molar-refractivity contribution in [2.45, 2.75) is 33.2 Å². The molecule has 5 nitrogen and oxygen atoms in total. The van der Waals surface area contributed by atoms with E-state index in [1.807, 2.05) is 45.0 Å². The van der Waals surface area contributed by atoms with Gasteiger partial charge in [0.05, 0.1) is 0 Å². The van der Waals surface area contributed by atoms with Crippen LogP contribution in [0, 0.1) is 6.92 Å². The van der Waals surface area contributed by atoms with E-state index in [1.165, 1.54) is 12.3 Å². The predicted molar refractivity (Wildman–Crippen MR) is 90.6 cm³/mol. The van der Waals surface area contributed by atoms with Gasteiger partial charge in [-0.1, -0.05) is 25.1 Å². The van der Waals surface area contributed by atoms with Crippen molar-refractivity contribution in [1.82, 2.24) is 10.3 Å². The van der Waals surface area contributed by atoms with Gasteiger partial charge in [-0.25, -0.2) is 0 Å². The Morgan fingerprint density at radius 3 is 2.61 bits per heavy atom. The van der Waals surface area contributed by atoms with Crippen molar-refractivity contribution in [3.05, 3.63) is 59.4 Å². The molecule has 0 spiro atoms. The number of nitrogens with zero attached hydrogens (tertiary/aromatic N) is 1. The predicted octanol–water partition coefficient (Wildman–Crippen LogP) is 3.17. The molecule has 0 saturated heterocycles. The molecule has 0 aliphatic rings. The van der Waals surface area contributed by atoms with E-state index in [9.17, 15) is 9.59 Å². The van der Waals surface area contributed by atoms with Crippen LogP contribution in [0.2, 0.25) is 0 Å². The lowest BCUT2D eigenvalue weighted by Gasteiger charge is -2.12. The summed E-state index contributed by atoms with van der Waals surface area (Å²) in [6, 6.07) is 10.7. The molecule has 0 radical (unpaired) electrons.